The zero-order chi connectivity index (χ0) is 22.2. The molecule has 1 aliphatic heterocycles. The summed E-state index contributed by atoms with van der Waals surface area (Å²) in [7, 11) is 3.10. The van der Waals surface area contributed by atoms with Gasteiger partial charge >= 0.3 is 5.97 Å². The van der Waals surface area contributed by atoms with Gasteiger partial charge in [0.05, 0.1) is 12.2 Å². The first-order valence-corrected chi connectivity index (χ1v) is 9.86. The van der Waals surface area contributed by atoms with Gasteiger partial charge in [0.2, 0.25) is 0 Å². The number of thiocarbonyl (C=S) groups is 1. The summed E-state index contributed by atoms with van der Waals surface area (Å²) in [6.45, 7) is 5.93. The maximum Gasteiger partial charge on any atom is 0.338 e. The van der Waals surface area contributed by atoms with Crippen LogP contribution in [0.25, 0.3) is 11.8 Å². The zero-order valence-electron chi connectivity index (χ0n) is 17.6. The van der Waals surface area contributed by atoms with Gasteiger partial charge in [0, 0.05) is 31.2 Å². The van der Waals surface area contributed by atoms with Crippen molar-refractivity contribution in [3.8, 4) is 5.69 Å². The summed E-state index contributed by atoms with van der Waals surface area (Å²) < 4.78 is 7.02. The summed E-state index contributed by atoms with van der Waals surface area (Å²) in [5.41, 5.74) is 3.95. The fourth-order valence-electron chi connectivity index (χ4n) is 3.42. The minimum Gasteiger partial charge on any atom is -0.462 e. The van der Waals surface area contributed by atoms with Crippen LogP contribution in [0.2, 0.25) is 0 Å². The first-order valence-electron chi connectivity index (χ1n) is 9.45. The quantitative estimate of drug-likeness (QED) is 0.326. The van der Waals surface area contributed by atoms with E-state index >= 15 is 0 Å². The Morgan fingerprint density at radius 3 is 2.17 bits per heavy atom. The number of carbonyl (C=O) groups is 3. The Hall–Kier alpha value is -3.26. The summed E-state index contributed by atoms with van der Waals surface area (Å²) in [5.74, 6) is -1.21. The van der Waals surface area contributed by atoms with E-state index in [1.54, 1.807) is 39.2 Å². The Morgan fingerprint density at radius 2 is 1.63 bits per heavy atom. The predicted octanol–water partition coefficient (Wildman–Crippen LogP) is 2.87. The fraction of sp³-hybridized carbons (Fsp3) is 0.273. The smallest absolute Gasteiger partial charge is 0.338 e. The topological polar surface area (TPSA) is 71.8 Å². The number of likely N-dealkylation sites (N-methyl/N-ethyl adjacent to an activating group) is 2. The molecule has 1 aromatic carbocycles. The number of ether oxygens (including phenoxy) is 1. The molecule has 0 saturated carbocycles. The van der Waals surface area contributed by atoms with Gasteiger partial charge in [-0.3, -0.25) is 19.4 Å². The van der Waals surface area contributed by atoms with Gasteiger partial charge in [0.25, 0.3) is 11.8 Å². The summed E-state index contributed by atoms with van der Waals surface area (Å²) in [6.07, 6.45) is 1.60. The van der Waals surface area contributed by atoms with Gasteiger partial charge in [-0.05, 0) is 75.0 Å². The Balaban J connectivity index is 1.99. The molecule has 1 aromatic heterocycles. The van der Waals surface area contributed by atoms with E-state index in [0.717, 1.165) is 22.6 Å². The predicted molar refractivity (Wildman–Crippen MR) is 117 cm³/mol. The SMILES string of the molecule is CCOC(=O)c1ccc(-n2c(C)cc(C=C3C(=O)N(C)C(=S)N(C)C3=O)c2C)cc1. The minimum atomic E-state index is -0.424. The number of aryl methyl sites for hydroxylation is 1. The lowest BCUT2D eigenvalue weighted by Crippen LogP contribution is -2.52. The van der Waals surface area contributed by atoms with E-state index in [0.29, 0.717) is 12.2 Å². The maximum absolute atomic E-state index is 12.6. The number of rotatable bonds is 4. The van der Waals surface area contributed by atoms with Crippen LogP contribution in [0.4, 0.5) is 0 Å². The molecular formula is C22H23N3O4S. The van der Waals surface area contributed by atoms with Gasteiger partial charge in [-0.1, -0.05) is 0 Å². The molecular weight excluding hydrogens is 402 g/mol. The molecule has 0 atom stereocenters. The third-order valence-corrected chi connectivity index (χ3v) is 5.60. The lowest BCUT2D eigenvalue weighted by Gasteiger charge is -2.31. The van der Waals surface area contributed by atoms with Crippen molar-refractivity contribution in [2.75, 3.05) is 20.7 Å². The Kier molecular flexibility index (Phi) is 5.89. The zero-order valence-corrected chi connectivity index (χ0v) is 18.4. The standard InChI is InChI=1S/C22H23N3O4S/c1-6-29-21(28)15-7-9-17(10-8-15)25-13(2)11-16(14(25)3)12-18-19(26)23(4)22(30)24(5)20(18)27/h7-12H,6H2,1-5H3. The second-order valence-electron chi connectivity index (χ2n) is 7.00. The van der Waals surface area contributed by atoms with Crippen LogP contribution in [0.1, 0.15) is 34.2 Å². The van der Waals surface area contributed by atoms with Gasteiger partial charge in [0.1, 0.15) is 5.57 Å². The molecule has 0 unspecified atom stereocenters. The Labute approximate surface area is 180 Å². The van der Waals surface area contributed by atoms with Crippen LogP contribution in [0.3, 0.4) is 0 Å². The molecule has 1 aliphatic rings. The number of amides is 2. The van der Waals surface area contributed by atoms with E-state index in [9.17, 15) is 14.4 Å². The number of nitrogens with zero attached hydrogens (tertiary/aromatic N) is 3. The van der Waals surface area contributed by atoms with Gasteiger partial charge < -0.3 is 9.30 Å². The molecule has 2 aromatic rings. The minimum absolute atomic E-state index is 0.0616. The van der Waals surface area contributed by atoms with Crippen molar-refractivity contribution in [2.45, 2.75) is 20.8 Å². The van der Waals surface area contributed by atoms with Crippen molar-refractivity contribution in [2.24, 2.45) is 0 Å². The molecule has 7 nitrogen and oxygen atoms in total. The van der Waals surface area contributed by atoms with Crippen LogP contribution >= 0.6 is 12.2 Å². The molecule has 1 fully saturated rings. The highest BCUT2D eigenvalue weighted by Gasteiger charge is 2.35. The molecule has 0 bridgehead atoms. The lowest BCUT2D eigenvalue weighted by molar-refractivity contribution is -0.132. The summed E-state index contributed by atoms with van der Waals surface area (Å²) in [6, 6.07) is 9.00. The molecule has 30 heavy (non-hydrogen) atoms. The molecule has 2 amide bonds. The highest BCUT2D eigenvalue weighted by Crippen LogP contribution is 2.25. The first kappa shape index (κ1) is 21.4. The molecule has 156 valence electrons. The molecule has 8 heteroatoms. The molecule has 3 rings (SSSR count). The van der Waals surface area contributed by atoms with E-state index in [1.807, 2.05) is 36.6 Å². The van der Waals surface area contributed by atoms with Crippen molar-refractivity contribution in [1.82, 2.24) is 14.4 Å². The maximum atomic E-state index is 12.6. The largest absolute Gasteiger partial charge is 0.462 e. The highest BCUT2D eigenvalue weighted by molar-refractivity contribution is 7.80. The average molecular weight is 426 g/mol. The summed E-state index contributed by atoms with van der Waals surface area (Å²) in [5, 5.41) is 0.175. The van der Waals surface area contributed by atoms with E-state index in [1.165, 1.54) is 9.80 Å². The van der Waals surface area contributed by atoms with Crippen LogP contribution in [0, 0.1) is 13.8 Å². The van der Waals surface area contributed by atoms with Crippen LogP contribution < -0.4 is 0 Å². The van der Waals surface area contributed by atoms with Crippen molar-refractivity contribution in [1.29, 1.82) is 0 Å². The van der Waals surface area contributed by atoms with Crippen molar-refractivity contribution >= 4 is 41.2 Å². The van der Waals surface area contributed by atoms with Crippen LogP contribution in [-0.2, 0) is 14.3 Å². The Bertz CT molecular complexity index is 1060. The molecule has 0 spiro atoms. The molecule has 2 heterocycles. The van der Waals surface area contributed by atoms with Gasteiger partial charge in [0.15, 0.2) is 5.11 Å². The van der Waals surface area contributed by atoms with E-state index in [-0.39, 0.29) is 16.7 Å². The molecule has 1 saturated heterocycles. The van der Waals surface area contributed by atoms with Crippen molar-refractivity contribution in [3.63, 3.8) is 0 Å². The first-order chi connectivity index (χ1) is 14.2. The van der Waals surface area contributed by atoms with Gasteiger partial charge in [-0.15, -0.1) is 0 Å². The third-order valence-electron chi connectivity index (χ3n) is 5.05. The third kappa shape index (κ3) is 3.66. The van der Waals surface area contributed by atoms with Crippen molar-refractivity contribution < 1.29 is 19.1 Å². The number of benzene rings is 1. The highest BCUT2D eigenvalue weighted by atomic mass is 32.1. The van der Waals surface area contributed by atoms with Gasteiger partial charge in [-0.2, -0.15) is 0 Å². The molecule has 0 N–H and O–H groups in total. The number of hydrogen-bond acceptors (Lipinski definition) is 5. The summed E-state index contributed by atoms with van der Waals surface area (Å²) in [4.78, 5) is 39.6. The lowest BCUT2D eigenvalue weighted by atomic mass is 10.1. The van der Waals surface area contributed by atoms with E-state index < -0.39 is 11.8 Å². The second-order valence-corrected chi connectivity index (χ2v) is 7.36. The van der Waals surface area contributed by atoms with Gasteiger partial charge in [-0.25, -0.2) is 4.79 Å². The number of aromatic nitrogens is 1. The van der Waals surface area contributed by atoms with E-state index in [4.69, 9.17) is 17.0 Å². The number of hydrogen-bond donors (Lipinski definition) is 0. The summed E-state index contributed by atoms with van der Waals surface area (Å²) >= 11 is 5.13. The van der Waals surface area contributed by atoms with E-state index in [2.05, 4.69) is 0 Å². The molecule has 0 aliphatic carbocycles. The second kappa shape index (κ2) is 8.23. The average Bonchev–Trinajstić information content (AvgIpc) is 3.01. The normalized spacial score (nSPS) is 14.4. The van der Waals surface area contributed by atoms with Crippen molar-refractivity contribution in [3.05, 3.63) is 58.4 Å². The van der Waals surface area contributed by atoms with Crippen LogP contribution in [0.5, 0.6) is 0 Å². The van der Waals surface area contributed by atoms with Crippen LogP contribution in [-0.4, -0.2) is 58.0 Å². The molecule has 0 radical (unpaired) electrons. The number of carbonyl (C=O) groups excluding carboxylic acids is 3. The Morgan fingerprint density at radius 1 is 1.07 bits per heavy atom. The number of esters is 1. The van der Waals surface area contributed by atoms with Crippen LogP contribution in [0.15, 0.2) is 35.9 Å². The monoisotopic (exact) mass is 425 g/mol. The fourth-order valence-corrected chi connectivity index (χ4v) is 3.59.